The van der Waals surface area contributed by atoms with Crippen LogP contribution in [-0.2, 0) is 13.2 Å². The lowest BCUT2D eigenvalue weighted by molar-refractivity contribution is -0.0207. The van der Waals surface area contributed by atoms with E-state index in [1.807, 2.05) is 0 Å². The third kappa shape index (κ3) is 5.02. The highest BCUT2D eigenvalue weighted by atomic mass is 19.1. The first-order chi connectivity index (χ1) is 19.5. The fourth-order valence-electron chi connectivity index (χ4n) is 5.00. The van der Waals surface area contributed by atoms with Gasteiger partial charge in [0.05, 0.1) is 12.1 Å². The van der Waals surface area contributed by atoms with Crippen LogP contribution in [0.1, 0.15) is 45.8 Å². The molecule has 5 rings (SSSR count). The number of benzene rings is 2. The molecule has 3 heterocycles. The van der Waals surface area contributed by atoms with E-state index in [-0.39, 0.29) is 19.0 Å². The van der Waals surface area contributed by atoms with Gasteiger partial charge in [0.15, 0.2) is 11.4 Å². The number of aliphatic hydroxyl groups excluding tert-OH is 2. The van der Waals surface area contributed by atoms with E-state index >= 15 is 0 Å². The summed E-state index contributed by atoms with van der Waals surface area (Å²) >= 11 is 0. The normalized spacial score (nSPS) is 21.8. The van der Waals surface area contributed by atoms with Crippen LogP contribution in [0.3, 0.4) is 0 Å². The van der Waals surface area contributed by atoms with Gasteiger partial charge >= 0.3 is 0 Å². The van der Waals surface area contributed by atoms with Crippen molar-refractivity contribution < 1.29 is 37.7 Å². The summed E-state index contributed by atoms with van der Waals surface area (Å²) in [6.07, 6.45) is -1.53. The van der Waals surface area contributed by atoms with Crippen molar-refractivity contribution in [1.29, 1.82) is 0 Å². The highest BCUT2D eigenvalue weighted by molar-refractivity contribution is 5.99. The van der Waals surface area contributed by atoms with Crippen molar-refractivity contribution in [3.8, 4) is 5.75 Å². The van der Waals surface area contributed by atoms with Crippen molar-refractivity contribution in [2.24, 2.45) is 0 Å². The summed E-state index contributed by atoms with van der Waals surface area (Å²) in [7, 11) is 0. The topological polar surface area (TPSA) is 124 Å². The summed E-state index contributed by atoms with van der Waals surface area (Å²) < 4.78 is 48.7. The molecule has 0 spiro atoms. The molecule has 2 aromatic carbocycles. The zero-order valence-electron chi connectivity index (χ0n) is 22.1. The number of carbonyl (C=O) groups is 2. The summed E-state index contributed by atoms with van der Waals surface area (Å²) in [5.74, 6) is -5.73. The first-order valence-corrected chi connectivity index (χ1v) is 12.8. The van der Waals surface area contributed by atoms with Crippen LogP contribution in [0.15, 0.2) is 53.5 Å². The van der Waals surface area contributed by atoms with Gasteiger partial charge in [0.1, 0.15) is 48.5 Å². The van der Waals surface area contributed by atoms with Crippen LogP contribution >= 0.6 is 0 Å². The predicted octanol–water partition coefficient (Wildman–Crippen LogP) is 1.64. The maximum Gasteiger partial charge on any atom is 0.278 e. The third-order valence-electron chi connectivity index (χ3n) is 7.49. The van der Waals surface area contributed by atoms with Gasteiger partial charge in [-0.2, -0.15) is 0 Å². The van der Waals surface area contributed by atoms with Crippen LogP contribution in [-0.4, -0.2) is 62.6 Å². The summed E-state index contributed by atoms with van der Waals surface area (Å²) in [6.45, 7) is 2.25. The van der Waals surface area contributed by atoms with Crippen molar-refractivity contribution in [2.45, 2.75) is 51.3 Å². The molecule has 3 N–H and O–H groups in total. The molecular weight excluding hydrogens is 545 g/mol. The maximum absolute atomic E-state index is 14.1. The minimum Gasteiger partial charge on any atom is -0.482 e. The zero-order chi connectivity index (χ0) is 29.6. The average molecular weight is 573 g/mol. The van der Waals surface area contributed by atoms with Gasteiger partial charge in [-0.15, -0.1) is 0 Å². The molecule has 216 valence electrons. The molecule has 10 nitrogen and oxygen atoms in total. The Morgan fingerprint density at radius 1 is 1.02 bits per heavy atom. The first kappa shape index (κ1) is 28.2. The number of ether oxygens (including phenoxy) is 1. The third-order valence-corrected chi connectivity index (χ3v) is 7.49. The molecule has 2 aliphatic heterocycles. The van der Waals surface area contributed by atoms with E-state index in [0.717, 1.165) is 6.20 Å². The molecule has 1 saturated heterocycles. The highest BCUT2D eigenvalue weighted by Crippen LogP contribution is 2.30. The summed E-state index contributed by atoms with van der Waals surface area (Å²) in [5.41, 5.74) is -1.64. The molecule has 2 bridgehead atoms. The molecule has 2 aliphatic rings. The molecule has 0 radical (unpaired) electrons. The number of pyridine rings is 1. The average Bonchev–Trinajstić information content (AvgIpc) is 3.01. The van der Waals surface area contributed by atoms with Gasteiger partial charge in [-0.05, 0) is 19.4 Å². The molecule has 0 aliphatic carbocycles. The number of hydrogen-bond donors (Lipinski definition) is 3. The molecule has 4 atom stereocenters. The minimum atomic E-state index is -1.31. The van der Waals surface area contributed by atoms with Crippen molar-refractivity contribution in [2.75, 3.05) is 11.7 Å². The van der Waals surface area contributed by atoms with Gasteiger partial charge in [0.2, 0.25) is 5.43 Å². The molecule has 1 aromatic heterocycles. The Hall–Kier alpha value is -4.36. The van der Waals surface area contributed by atoms with Gasteiger partial charge in [-0.25, -0.2) is 13.2 Å². The van der Waals surface area contributed by atoms with Crippen LogP contribution in [0.25, 0.3) is 0 Å². The van der Waals surface area contributed by atoms with Crippen LogP contribution in [0.5, 0.6) is 5.75 Å². The number of nitrogens with zero attached hydrogens (tertiary/aromatic N) is 3. The Balaban J connectivity index is 1.59. The van der Waals surface area contributed by atoms with Gasteiger partial charge in [-0.1, -0.05) is 30.3 Å². The lowest BCUT2D eigenvalue weighted by Crippen LogP contribution is -2.58. The largest absolute Gasteiger partial charge is 0.482 e. The molecule has 0 saturated carbocycles. The second-order valence-electron chi connectivity index (χ2n) is 10.0. The van der Waals surface area contributed by atoms with Gasteiger partial charge in [0.25, 0.3) is 11.8 Å². The highest BCUT2D eigenvalue weighted by Gasteiger charge is 2.46. The molecular formula is C28H27F3N4O6. The van der Waals surface area contributed by atoms with Gasteiger partial charge < -0.3 is 25.2 Å². The van der Waals surface area contributed by atoms with E-state index < -0.39 is 82.4 Å². The summed E-state index contributed by atoms with van der Waals surface area (Å²) in [4.78, 5) is 41.8. The molecule has 41 heavy (non-hydrogen) atoms. The van der Waals surface area contributed by atoms with Crippen molar-refractivity contribution >= 4 is 11.8 Å². The number of aromatic nitrogens is 1. The molecule has 0 unspecified atom stereocenters. The van der Waals surface area contributed by atoms with E-state index in [9.17, 15) is 37.8 Å². The van der Waals surface area contributed by atoms with Crippen LogP contribution in [0.4, 0.5) is 13.2 Å². The lowest BCUT2D eigenvalue weighted by atomic mass is 10.0. The van der Waals surface area contributed by atoms with Crippen LogP contribution in [0.2, 0.25) is 0 Å². The number of hydrogen-bond acceptors (Lipinski definition) is 7. The smallest absolute Gasteiger partial charge is 0.278 e. The Morgan fingerprint density at radius 2 is 1.66 bits per heavy atom. The predicted molar refractivity (Wildman–Crippen MR) is 139 cm³/mol. The van der Waals surface area contributed by atoms with Gasteiger partial charge in [0, 0.05) is 30.4 Å². The zero-order valence-corrected chi connectivity index (χ0v) is 22.1. The molecule has 2 amide bonds. The molecule has 3 aromatic rings. The quantitative estimate of drug-likeness (QED) is 0.410. The van der Waals surface area contributed by atoms with Crippen LogP contribution < -0.4 is 20.5 Å². The van der Waals surface area contributed by atoms with E-state index in [2.05, 4.69) is 5.32 Å². The number of carbonyl (C=O) groups excluding carboxylic acids is 2. The number of rotatable bonds is 6. The van der Waals surface area contributed by atoms with E-state index in [1.54, 1.807) is 44.2 Å². The summed E-state index contributed by atoms with van der Waals surface area (Å²) in [6, 6.07) is 8.08. The molecule has 1 fully saturated rings. The molecule has 13 heteroatoms. The van der Waals surface area contributed by atoms with E-state index in [0.29, 0.717) is 17.7 Å². The minimum absolute atomic E-state index is 0.0870. The fraction of sp³-hybridized carbons (Fsp3) is 0.321. The monoisotopic (exact) mass is 572 g/mol. The Kier molecular flexibility index (Phi) is 7.49. The fourth-order valence-corrected chi connectivity index (χ4v) is 5.00. The lowest BCUT2D eigenvalue weighted by Gasteiger charge is -2.42. The second-order valence-corrected chi connectivity index (χ2v) is 10.0. The first-order valence-electron chi connectivity index (χ1n) is 12.8. The SMILES string of the molecule is C[C@@H]1[C@@H](O)[C@@H](O)[C@H](C)N2CN1n1cc(C(=O)NCc3c(F)cc(F)cc3F)c(=O)c(OCc3ccccc3)c1C2=O. The van der Waals surface area contributed by atoms with Crippen molar-refractivity contribution in [3.05, 3.63) is 98.7 Å². The van der Waals surface area contributed by atoms with Crippen LogP contribution in [0, 0.1) is 17.5 Å². The van der Waals surface area contributed by atoms with Crippen molar-refractivity contribution in [1.82, 2.24) is 14.9 Å². The van der Waals surface area contributed by atoms with E-state index in [1.165, 1.54) is 14.6 Å². The van der Waals surface area contributed by atoms with E-state index in [4.69, 9.17) is 4.74 Å². The Bertz CT molecular complexity index is 1540. The number of halogens is 3. The standard InChI is InChI=1S/C28H27F3N4O6/c1-14-23(36)24(37)15(2)35-13-33(14)28(40)22-26(41-12-16-6-4-3-5-7-16)25(38)19(11-34(22)35)27(39)32-10-18-20(30)8-17(29)9-21(18)31/h3-9,11,14-15,23-24,36-37H,10,12-13H2,1-2H3,(H,32,39)/t14-,15+,23-,24+/m0/s1. The maximum atomic E-state index is 14.1. The summed E-state index contributed by atoms with van der Waals surface area (Å²) in [5, 5.41) is 25.2. The Labute approximate surface area is 232 Å². The number of aliphatic hydroxyl groups is 2. The number of fused-ring (bicyclic) bond motifs is 4. The van der Waals surface area contributed by atoms with Gasteiger partial charge in [-0.3, -0.25) is 24.1 Å². The number of amides is 2. The second kappa shape index (κ2) is 10.9. The Morgan fingerprint density at radius 3 is 2.32 bits per heavy atom. The van der Waals surface area contributed by atoms with Crippen molar-refractivity contribution in [3.63, 3.8) is 0 Å². The number of nitrogens with one attached hydrogen (secondary N) is 1.